The lowest BCUT2D eigenvalue weighted by Crippen LogP contribution is -3.00. The first-order chi connectivity index (χ1) is 23.6. The van der Waals surface area contributed by atoms with E-state index in [-0.39, 0.29) is 12.4 Å². The largest absolute Gasteiger partial charge is 1.00 e. The standard InChI is InChI=1S/C47H98N.ClH/c1-5-6-7-8-9-10-11-12-13-14-15-16-17-18-19-20-21-22-23-24-25-26-27-28-29-30-31-32-33-34-35-36-37-38-39-40-41-42-43-44-45-46-47-48(2,3)4;/h5-47H2,1-4H3;1H/q+1;/p-1. The summed E-state index contributed by atoms with van der Waals surface area (Å²) in [4.78, 5) is 0. The zero-order valence-corrected chi connectivity index (χ0v) is 36.0. The zero-order chi connectivity index (χ0) is 34.9. The predicted molar refractivity (Wildman–Crippen MR) is 222 cm³/mol. The van der Waals surface area contributed by atoms with Gasteiger partial charge in [0.05, 0.1) is 27.7 Å². The van der Waals surface area contributed by atoms with Crippen LogP contribution in [0.5, 0.6) is 0 Å². The summed E-state index contributed by atoms with van der Waals surface area (Å²) >= 11 is 0. The first-order valence-electron chi connectivity index (χ1n) is 23.4. The van der Waals surface area contributed by atoms with Gasteiger partial charge in [0.1, 0.15) is 0 Å². The minimum atomic E-state index is 0. The lowest BCUT2D eigenvalue weighted by molar-refractivity contribution is -0.870. The van der Waals surface area contributed by atoms with Gasteiger partial charge in [0, 0.05) is 0 Å². The number of hydrogen-bond donors (Lipinski definition) is 0. The molecule has 0 bridgehead atoms. The Hall–Kier alpha value is 0.250. The van der Waals surface area contributed by atoms with E-state index in [1.165, 1.54) is 276 Å². The summed E-state index contributed by atoms with van der Waals surface area (Å²) in [6.45, 7) is 3.64. The molecule has 0 aromatic rings. The molecule has 0 N–H and O–H groups in total. The van der Waals surface area contributed by atoms with Crippen LogP contribution in [0.2, 0.25) is 0 Å². The minimum Gasteiger partial charge on any atom is -1.00 e. The lowest BCUT2D eigenvalue weighted by atomic mass is 10.0. The van der Waals surface area contributed by atoms with E-state index in [1.807, 2.05) is 0 Å². The Morgan fingerprint density at radius 3 is 0.449 bits per heavy atom. The fraction of sp³-hybridized carbons (Fsp3) is 1.00. The van der Waals surface area contributed by atoms with Gasteiger partial charge in [-0.1, -0.05) is 264 Å². The van der Waals surface area contributed by atoms with Crippen LogP contribution < -0.4 is 12.4 Å². The van der Waals surface area contributed by atoms with Gasteiger partial charge in [-0.2, -0.15) is 0 Å². The van der Waals surface area contributed by atoms with Crippen molar-refractivity contribution in [2.24, 2.45) is 0 Å². The molecule has 0 aromatic heterocycles. The molecule has 0 amide bonds. The monoisotopic (exact) mass is 712 g/mol. The van der Waals surface area contributed by atoms with E-state index in [4.69, 9.17) is 0 Å². The minimum absolute atomic E-state index is 0. The van der Waals surface area contributed by atoms with Crippen LogP contribution in [0.3, 0.4) is 0 Å². The van der Waals surface area contributed by atoms with Crippen molar-refractivity contribution in [3.8, 4) is 0 Å². The van der Waals surface area contributed by atoms with E-state index in [9.17, 15) is 0 Å². The highest BCUT2D eigenvalue weighted by Gasteiger charge is 2.05. The Morgan fingerprint density at radius 2 is 0.327 bits per heavy atom. The van der Waals surface area contributed by atoms with Crippen molar-refractivity contribution in [2.75, 3.05) is 27.7 Å². The number of hydrogen-bond acceptors (Lipinski definition) is 0. The summed E-state index contributed by atoms with van der Waals surface area (Å²) in [6, 6.07) is 0. The van der Waals surface area contributed by atoms with Crippen LogP contribution in [-0.2, 0) is 0 Å². The van der Waals surface area contributed by atoms with Crippen molar-refractivity contribution in [1.82, 2.24) is 0 Å². The molecule has 298 valence electrons. The predicted octanol–water partition coefficient (Wildman–Crippen LogP) is 14.1. The van der Waals surface area contributed by atoms with Crippen LogP contribution in [0, 0.1) is 0 Å². The van der Waals surface area contributed by atoms with Crippen molar-refractivity contribution in [3.63, 3.8) is 0 Å². The van der Waals surface area contributed by atoms with Crippen molar-refractivity contribution in [3.05, 3.63) is 0 Å². The molecule has 0 unspecified atom stereocenters. The van der Waals surface area contributed by atoms with E-state index >= 15 is 0 Å². The van der Waals surface area contributed by atoms with Gasteiger partial charge in [0.15, 0.2) is 0 Å². The van der Waals surface area contributed by atoms with Crippen molar-refractivity contribution in [1.29, 1.82) is 0 Å². The fourth-order valence-electron chi connectivity index (χ4n) is 7.73. The van der Waals surface area contributed by atoms with Gasteiger partial charge in [0.25, 0.3) is 0 Å². The average Bonchev–Trinajstić information content (AvgIpc) is 3.06. The molecule has 0 aliphatic heterocycles. The fourth-order valence-corrected chi connectivity index (χ4v) is 7.73. The Balaban J connectivity index is 0. The topological polar surface area (TPSA) is 0 Å². The van der Waals surface area contributed by atoms with Crippen LogP contribution in [0.1, 0.15) is 277 Å². The average molecular weight is 713 g/mol. The molecule has 0 spiro atoms. The van der Waals surface area contributed by atoms with E-state index < -0.39 is 0 Å². The van der Waals surface area contributed by atoms with Crippen LogP contribution in [0.15, 0.2) is 0 Å². The lowest BCUT2D eigenvalue weighted by Gasteiger charge is -2.23. The summed E-state index contributed by atoms with van der Waals surface area (Å²) in [5, 5.41) is 0. The van der Waals surface area contributed by atoms with Gasteiger partial charge in [0.2, 0.25) is 0 Å². The molecule has 0 saturated heterocycles. The quantitative estimate of drug-likeness (QED) is 0.0436. The maximum absolute atomic E-state index is 2.31. The van der Waals surface area contributed by atoms with Crippen LogP contribution in [-0.4, -0.2) is 32.2 Å². The van der Waals surface area contributed by atoms with E-state index in [2.05, 4.69) is 28.1 Å². The first-order valence-corrected chi connectivity index (χ1v) is 23.4. The van der Waals surface area contributed by atoms with Crippen molar-refractivity contribution >= 4 is 0 Å². The van der Waals surface area contributed by atoms with E-state index in [1.54, 1.807) is 0 Å². The molecule has 0 aliphatic carbocycles. The smallest absolute Gasteiger partial charge is 0.0780 e. The summed E-state index contributed by atoms with van der Waals surface area (Å²) in [5.41, 5.74) is 0. The molecule has 0 saturated carbocycles. The molecule has 1 nitrogen and oxygen atoms in total. The molecule has 0 aliphatic rings. The second-order valence-corrected chi connectivity index (χ2v) is 17.5. The van der Waals surface area contributed by atoms with E-state index in [0.29, 0.717) is 0 Å². The third-order valence-electron chi connectivity index (χ3n) is 11.2. The number of rotatable bonds is 43. The molecule has 2 heteroatoms. The molecule has 49 heavy (non-hydrogen) atoms. The Kier molecular flexibility index (Phi) is 46.5. The van der Waals surface area contributed by atoms with Gasteiger partial charge in [-0.05, 0) is 12.8 Å². The first kappa shape index (κ1) is 51.4. The van der Waals surface area contributed by atoms with Crippen molar-refractivity contribution in [2.45, 2.75) is 277 Å². The summed E-state index contributed by atoms with van der Waals surface area (Å²) in [7, 11) is 6.93. The molecular weight excluding hydrogens is 614 g/mol. The van der Waals surface area contributed by atoms with Crippen LogP contribution in [0.25, 0.3) is 0 Å². The zero-order valence-electron chi connectivity index (χ0n) is 35.2. The Labute approximate surface area is 320 Å². The molecule has 0 aromatic carbocycles. The number of nitrogens with zero attached hydrogens (tertiary/aromatic N) is 1. The Bertz CT molecular complexity index is 555. The second-order valence-electron chi connectivity index (χ2n) is 17.5. The molecule has 0 fully saturated rings. The number of quaternary nitrogens is 1. The number of halogens is 1. The van der Waals surface area contributed by atoms with E-state index in [0.717, 1.165) is 4.48 Å². The van der Waals surface area contributed by atoms with Gasteiger partial charge < -0.3 is 16.9 Å². The van der Waals surface area contributed by atoms with Gasteiger partial charge >= 0.3 is 0 Å². The SMILES string of the molecule is CCCCCCCCCCCCCCCCCCCCCCCCCCCCCCCCCCCCCCCCCCCC[N+](C)(C)C.[Cl-]. The molecule has 0 heterocycles. The third kappa shape index (κ3) is 50.4. The maximum atomic E-state index is 2.31. The molecule has 0 radical (unpaired) electrons. The maximum Gasteiger partial charge on any atom is 0.0780 e. The third-order valence-corrected chi connectivity index (χ3v) is 11.2. The van der Waals surface area contributed by atoms with Gasteiger partial charge in [-0.25, -0.2) is 0 Å². The number of unbranched alkanes of at least 4 members (excludes halogenated alkanes) is 41. The summed E-state index contributed by atoms with van der Waals surface area (Å²) in [6.07, 6.45) is 62.3. The van der Waals surface area contributed by atoms with Gasteiger partial charge in [-0.3, -0.25) is 0 Å². The second kappa shape index (κ2) is 44.4. The molecule has 0 rings (SSSR count). The molecular formula is C47H98ClN. The highest BCUT2D eigenvalue weighted by molar-refractivity contribution is 4.54. The summed E-state index contributed by atoms with van der Waals surface area (Å²) in [5.74, 6) is 0. The molecule has 0 atom stereocenters. The highest BCUT2D eigenvalue weighted by atomic mass is 35.5. The Morgan fingerprint density at radius 1 is 0.204 bits per heavy atom. The normalized spacial score (nSPS) is 11.8. The van der Waals surface area contributed by atoms with Crippen LogP contribution >= 0.6 is 0 Å². The highest BCUT2D eigenvalue weighted by Crippen LogP contribution is 2.18. The summed E-state index contributed by atoms with van der Waals surface area (Å²) < 4.78 is 1.12. The van der Waals surface area contributed by atoms with Crippen molar-refractivity contribution < 1.29 is 16.9 Å². The van der Waals surface area contributed by atoms with Crippen LogP contribution in [0.4, 0.5) is 0 Å². The van der Waals surface area contributed by atoms with Gasteiger partial charge in [-0.15, -0.1) is 0 Å².